The molecule has 0 bridgehead atoms. The van der Waals surface area contributed by atoms with E-state index in [2.05, 4.69) is 28.6 Å². The third kappa shape index (κ3) is 3.30. The van der Waals surface area contributed by atoms with Gasteiger partial charge in [-0.3, -0.25) is 4.79 Å². The van der Waals surface area contributed by atoms with Crippen LogP contribution in [0.2, 0.25) is 0 Å². The summed E-state index contributed by atoms with van der Waals surface area (Å²) in [5.41, 5.74) is 3.23. The molecule has 27 heavy (non-hydrogen) atoms. The predicted molar refractivity (Wildman–Crippen MR) is 112 cm³/mol. The molecule has 0 N–H and O–H groups in total. The molecule has 1 aliphatic heterocycles. The Hall–Kier alpha value is -2.47. The molecule has 140 valence electrons. The molecule has 1 aromatic carbocycles. The Balaban J connectivity index is 1.56. The summed E-state index contributed by atoms with van der Waals surface area (Å²) < 4.78 is 0. The third-order valence-electron chi connectivity index (χ3n) is 5.34. The van der Waals surface area contributed by atoms with Crippen molar-refractivity contribution in [2.45, 2.75) is 27.7 Å². The Labute approximate surface area is 163 Å². The van der Waals surface area contributed by atoms with E-state index in [4.69, 9.17) is 4.98 Å². The van der Waals surface area contributed by atoms with Crippen LogP contribution in [0.3, 0.4) is 0 Å². The molecular weight excluding hydrogens is 356 g/mol. The molecule has 1 aliphatic rings. The number of carbonyl (C=O) groups is 1. The largest absolute Gasteiger partial charge is 0.368 e. The number of hydrogen-bond acceptors (Lipinski definition) is 6. The van der Waals surface area contributed by atoms with E-state index in [1.165, 1.54) is 21.5 Å². The number of aromatic nitrogens is 2. The van der Waals surface area contributed by atoms with Gasteiger partial charge < -0.3 is 9.80 Å². The lowest BCUT2D eigenvalue weighted by atomic mass is 10.1. The van der Waals surface area contributed by atoms with Gasteiger partial charge in [-0.15, -0.1) is 11.3 Å². The van der Waals surface area contributed by atoms with Crippen molar-refractivity contribution < 1.29 is 4.79 Å². The molecule has 0 spiro atoms. The second-order valence-electron chi connectivity index (χ2n) is 7.13. The molecular formula is C21H24N4OS. The topological polar surface area (TPSA) is 49.3 Å². The fraction of sp³-hybridized carbons (Fsp3) is 0.381. The maximum Gasteiger partial charge on any atom is 0.159 e. The molecule has 0 amide bonds. The minimum Gasteiger partial charge on any atom is -0.368 e. The van der Waals surface area contributed by atoms with Gasteiger partial charge in [0.05, 0.1) is 5.39 Å². The summed E-state index contributed by atoms with van der Waals surface area (Å²) in [5.74, 6) is 2.02. The number of piperazine rings is 1. The standard InChI is InChI=1S/C21H24N4OS/c1-13-15(3)27-21-19(13)20(22-16(4)23-21)25-11-9-24(10-12-25)18-7-5-17(6-8-18)14(2)26/h5-8H,9-12H2,1-4H3. The number of anilines is 2. The molecule has 5 nitrogen and oxygen atoms in total. The molecule has 2 aromatic heterocycles. The highest BCUT2D eigenvalue weighted by Gasteiger charge is 2.23. The second-order valence-corrected chi connectivity index (χ2v) is 8.34. The Bertz CT molecular complexity index is 1000. The van der Waals surface area contributed by atoms with Gasteiger partial charge in [-0.1, -0.05) is 0 Å². The van der Waals surface area contributed by atoms with Crippen LogP contribution in [-0.4, -0.2) is 41.9 Å². The highest BCUT2D eigenvalue weighted by atomic mass is 32.1. The number of rotatable bonds is 3. The van der Waals surface area contributed by atoms with Crippen LogP contribution in [-0.2, 0) is 0 Å². The highest BCUT2D eigenvalue weighted by molar-refractivity contribution is 7.18. The number of aryl methyl sites for hydroxylation is 3. The first-order valence-corrected chi connectivity index (χ1v) is 10.1. The summed E-state index contributed by atoms with van der Waals surface area (Å²) in [5, 5.41) is 1.21. The van der Waals surface area contributed by atoms with E-state index in [1.54, 1.807) is 18.3 Å². The van der Waals surface area contributed by atoms with Gasteiger partial charge in [-0.25, -0.2) is 9.97 Å². The Morgan fingerprint density at radius 3 is 2.22 bits per heavy atom. The number of carbonyl (C=O) groups excluding carboxylic acids is 1. The van der Waals surface area contributed by atoms with Gasteiger partial charge in [0.25, 0.3) is 0 Å². The molecule has 0 aliphatic carbocycles. The summed E-state index contributed by atoms with van der Waals surface area (Å²) >= 11 is 1.76. The molecule has 0 saturated carbocycles. The first-order chi connectivity index (χ1) is 12.9. The van der Waals surface area contributed by atoms with Gasteiger partial charge >= 0.3 is 0 Å². The predicted octanol–water partition coefficient (Wildman–Crippen LogP) is 4.15. The number of fused-ring (bicyclic) bond motifs is 1. The number of hydrogen-bond donors (Lipinski definition) is 0. The minimum absolute atomic E-state index is 0.107. The number of Topliss-reactive ketones (excluding diaryl/α,β-unsaturated/α-hetero) is 1. The van der Waals surface area contributed by atoms with Gasteiger partial charge in [0, 0.05) is 42.3 Å². The quantitative estimate of drug-likeness (QED) is 0.639. The summed E-state index contributed by atoms with van der Waals surface area (Å²) in [6.45, 7) is 11.6. The van der Waals surface area contributed by atoms with E-state index in [1.807, 2.05) is 31.2 Å². The lowest BCUT2D eigenvalue weighted by Gasteiger charge is -2.37. The second kappa shape index (κ2) is 6.93. The van der Waals surface area contributed by atoms with Crippen molar-refractivity contribution >= 4 is 38.8 Å². The lowest BCUT2D eigenvalue weighted by molar-refractivity contribution is 0.101. The Morgan fingerprint density at radius 1 is 0.963 bits per heavy atom. The average Bonchev–Trinajstić information content (AvgIpc) is 2.95. The first-order valence-electron chi connectivity index (χ1n) is 9.29. The van der Waals surface area contributed by atoms with Gasteiger partial charge in [-0.05, 0) is 57.5 Å². The van der Waals surface area contributed by atoms with Crippen molar-refractivity contribution in [1.82, 2.24) is 9.97 Å². The summed E-state index contributed by atoms with van der Waals surface area (Å²) in [4.78, 5) is 28.1. The zero-order valence-electron chi connectivity index (χ0n) is 16.2. The van der Waals surface area contributed by atoms with Crippen LogP contribution in [0.15, 0.2) is 24.3 Å². The van der Waals surface area contributed by atoms with Gasteiger partial charge in [0.1, 0.15) is 16.5 Å². The van der Waals surface area contributed by atoms with Crippen molar-refractivity contribution in [2.75, 3.05) is 36.0 Å². The van der Waals surface area contributed by atoms with Crippen LogP contribution >= 0.6 is 11.3 Å². The van der Waals surface area contributed by atoms with Gasteiger partial charge in [-0.2, -0.15) is 0 Å². The molecule has 3 aromatic rings. The fourth-order valence-electron chi connectivity index (χ4n) is 3.64. The number of nitrogens with zero attached hydrogens (tertiary/aromatic N) is 4. The first kappa shape index (κ1) is 17.9. The third-order valence-corrected chi connectivity index (χ3v) is 6.44. The molecule has 4 rings (SSSR count). The van der Waals surface area contributed by atoms with Crippen LogP contribution < -0.4 is 9.80 Å². The van der Waals surface area contributed by atoms with Crippen LogP contribution in [0.25, 0.3) is 10.2 Å². The molecule has 1 fully saturated rings. The van der Waals surface area contributed by atoms with E-state index in [9.17, 15) is 4.79 Å². The zero-order chi connectivity index (χ0) is 19.1. The summed E-state index contributed by atoms with van der Waals surface area (Å²) in [6.07, 6.45) is 0. The SMILES string of the molecule is CC(=O)c1ccc(N2CCN(c3nc(C)nc4sc(C)c(C)c34)CC2)cc1. The zero-order valence-corrected chi connectivity index (χ0v) is 17.1. The van der Waals surface area contributed by atoms with E-state index < -0.39 is 0 Å². The molecule has 3 heterocycles. The van der Waals surface area contributed by atoms with Gasteiger partial charge in [0.2, 0.25) is 0 Å². The molecule has 6 heteroatoms. The number of thiophene rings is 1. The smallest absolute Gasteiger partial charge is 0.159 e. The summed E-state index contributed by atoms with van der Waals surface area (Å²) in [6, 6.07) is 7.93. The van der Waals surface area contributed by atoms with Crippen LogP contribution in [0.4, 0.5) is 11.5 Å². The molecule has 0 atom stereocenters. The van der Waals surface area contributed by atoms with Crippen molar-refractivity contribution in [3.05, 3.63) is 46.1 Å². The maximum absolute atomic E-state index is 11.5. The van der Waals surface area contributed by atoms with Crippen LogP contribution in [0.1, 0.15) is 33.5 Å². The molecule has 0 radical (unpaired) electrons. The number of ketones is 1. The van der Waals surface area contributed by atoms with Crippen LogP contribution in [0, 0.1) is 20.8 Å². The normalized spacial score (nSPS) is 14.8. The van der Waals surface area contributed by atoms with Crippen molar-refractivity contribution in [3.8, 4) is 0 Å². The molecule has 0 unspecified atom stereocenters. The van der Waals surface area contributed by atoms with E-state index >= 15 is 0 Å². The highest BCUT2D eigenvalue weighted by Crippen LogP contribution is 2.35. The van der Waals surface area contributed by atoms with E-state index in [-0.39, 0.29) is 5.78 Å². The monoisotopic (exact) mass is 380 g/mol. The average molecular weight is 381 g/mol. The van der Waals surface area contributed by atoms with E-state index in [0.29, 0.717) is 0 Å². The maximum atomic E-state index is 11.5. The lowest BCUT2D eigenvalue weighted by Crippen LogP contribution is -2.47. The van der Waals surface area contributed by atoms with Crippen molar-refractivity contribution in [2.24, 2.45) is 0 Å². The van der Waals surface area contributed by atoms with Crippen LogP contribution in [0.5, 0.6) is 0 Å². The van der Waals surface area contributed by atoms with Crippen molar-refractivity contribution in [3.63, 3.8) is 0 Å². The van der Waals surface area contributed by atoms with Crippen molar-refractivity contribution in [1.29, 1.82) is 0 Å². The van der Waals surface area contributed by atoms with E-state index in [0.717, 1.165) is 48.2 Å². The Morgan fingerprint density at radius 2 is 1.59 bits per heavy atom. The van der Waals surface area contributed by atoms with Gasteiger partial charge in [0.15, 0.2) is 5.78 Å². The Kier molecular flexibility index (Phi) is 4.60. The number of benzene rings is 1. The minimum atomic E-state index is 0.107. The summed E-state index contributed by atoms with van der Waals surface area (Å²) in [7, 11) is 0. The fourth-order valence-corrected chi connectivity index (χ4v) is 4.71. The molecule has 1 saturated heterocycles.